The fraction of sp³-hybridized carbons (Fsp3) is 0.286. The van der Waals surface area contributed by atoms with E-state index in [1.54, 1.807) is 14.2 Å². The summed E-state index contributed by atoms with van der Waals surface area (Å²) in [6, 6.07) is 24.0. The Kier molecular flexibility index (Phi) is 7.72. The number of aromatic amines is 1. The minimum atomic E-state index is -0.805. The van der Waals surface area contributed by atoms with Crippen molar-refractivity contribution in [2.45, 2.75) is 37.5 Å². The highest BCUT2D eigenvalue weighted by Gasteiger charge is 2.20. The summed E-state index contributed by atoms with van der Waals surface area (Å²) < 4.78 is 16.5. The zero-order valence-corrected chi connectivity index (χ0v) is 19.6. The van der Waals surface area contributed by atoms with Crippen LogP contribution in [0.3, 0.4) is 0 Å². The molecule has 4 N–H and O–H groups in total. The van der Waals surface area contributed by atoms with Crippen LogP contribution in [0.5, 0.6) is 17.2 Å². The molecule has 0 aliphatic heterocycles. The van der Waals surface area contributed by atoms with Crippen LogP contribution in [-0.2, 0) is 0 Å². The quantitative estimate of drug-likeness (QED) is 0.267. The Hall–Kier alpha value is -3.48. The molecule has 0 amide bonds. The molecule has 0 aliphatic carbocycles. The van der Waals surface area contributed by atoms with Crippen LogP contribution in [-0.4, -0.2) is 36.6 Å². The third-order valence-electron chi connectivity index (χ3n) is 6.23. The highest BCUT2D eigenvalue weighted by atomic mass is 16.5. The average Bonchev–Trinajstić information content (AvgIpc) is 3.37. The normalized spacial score (nSPS) is 13.1. The molecule has 4 rings (SSSR count). The maximum atomic E-state index is 10.7. The molecule has 1 unspecified atom stereocenters. The molecule has 1 heterocycles. The van der Waals surface area contributed by atoms with Gasteiger partial charge in [0.25, 0.3) is 0 Å². The SMILES string of the molecule is COc1ccc(C(CCC[C@H](O)C(N)Oc2cccc3[nH]ccc23)c2ccc(OC)cc2)cc1. The number of methoxy groups -OCH3 is 2. The van der Waals surface area contributed by atoms with Gasteiger partial charge < -0.3 is 24.3 Å². The Balaban J connectivity index is 1.41. The number of rotatable bonds is 11. The van der Waals surface area contributed by atoms with Gasteiger partial charge in [-0.3, -0.25) is 5.73 Å². The molecule has 0 fully saturated rings. The van der Waals surface area contributed by atoms with Gasteiger partial charge in [-0.25, -0.2) is 0 Å². The number of aliphatic hydroxyl groups is 1. The standard InChI is InChI=1S/C28H32N2O4/c1-32-21-13-9-19(10-14-21)23(20-11-15-22(33-2)16-12-20)5-3-7-26(31)28(29)34-27-8-4-6-25-24(27)17-18-30-25/h4,6,8-18,23,26,28,30-31H,3,5,7,29H2,1-2H3/t26-,28?/m0/s1. The molecule has 0 bridgehead atoms. The summed E-state index contributed by atoms with van der Waals surface area (Å²) in [5.41, 5.74) is 9.56. The van der Waals surface area contributed by atoms with Crippen molar-refractivity contribution >= 4 is 10.9 Å². The molecule has 6 nitrogen and oxygen atoms in total. The molecule has 0 radical (unpaired) electrons. The first-order valence-electron chi connectivity index (χ1n) is 11.5. The van der Waals surface area contributed by atoms with Crippen molar-refractivity contribution in [3.8, 4) is 17.2 Å². The van der Waals surface area contributed by atoms with Crippen LogP contribution in [0, 0.1) is 0 Å². The number of aromatic nitrogens is 1. The number of fused-ring (bicyclic) bond motifs is 1. The van der Waals surface area contributed by atoms with Gasteiger partial charge in [-0.1, -0.05) is 30.3 Å². The predicted octanol–water partition coefficient (Wildman–Crippen LogP) is 5.21. The van der Waals surface area contributed by atoms with E-state index in [0.717, 1.165) is 35.2 Å². The lowest BCUT2D eigenvalue weighted by Gasteiger charge is -2.23. The largest absolute Gasteiger partial charge is 0.497 e. The summed E-state index contributed by atoms with van der Waals surface area (Å²) in [6.45, 7) is 0. The number of aliphatic hydroxyl groups excluding tert-OH is 1. The zero-order valence-electron chi connectivity index (χ0n) is 19.6. The number of nitrogens with one attached hydrogen (secondary N) is 1. The van der Waals surface area contributed by atoms with E-state index >= 15 is 0 Å². The maximum Gasteiger partial charge on any atom is 0.173 e. The maximum absolute atomic E-state index is 10.7. The van der Waals surface area contributed by atoms with Crippen LogP contribution >= 0.6 is 0 Å². The monoisotopic (exact) mass is 460 g/mol. The predicted molar refractivity (Wildman–Crippen MR) is 135 cm³/mol. The van der Waals surface area contributed by atoms with E-state index in [1.165, 1.54) is 11.1 Å². The van der Waals surface area contributed by atoms with E-state index in [9.17, 15) is 5.11 Å². The molecule has 3 aromatic carbocycles. The summed E-state index contributed by atoms with van der Waals surface area (Å²) in [7, 11) is 3.33. The molecule has 34 heavy (non-hydrogen) atoms. The molecular weight excluding hydrogens is 428 g/mol. The van der Waals surface area contributed by atoms with Gasteiger partial charge in [0, 0.05) is 23.0 Å². The molecule has 0 saturated heterocycles. The van der Waals surface area contributed by atoms with E-state index < -0.39 is 12.3 Å². The van der Waals surface area contributed by atoms with Crippen molar-refractivity contribution in [2.24, 2.45) is 5.73 Å². The van der Waals surface area contributed by atoms with Crippen LogP contribution in [0.25, 0.3) is 10.9 Å². The van der Waals surface area contributed by atoms with Crippen LogP contribution in [0.15, 0.2) is 79.0 Å². The molecule has 0 saturated carbocycles. The van der Waals surface area contributed by atoms with Crippen LogP contribution in [0.1, 0.15) is 36.3 Å². The summed E-state index contributed by atoms with van der Waals surface area (Å²) in [5.74, 6) is 2.50. The fourth-order valence-electron chi connectivity index (χ4n) is 4.28. The summed E-state index contributed by atoms with van der Waals surface area (Å²) >= 11 is 0. The highest BCUT2D eigenvalue weighted by molar-refractivity contribution is 5.85. The van der Waals surface area contributed by atoms with Crippen molar-refractivity contribution in [3.05, 3.63) is 90.1 Å². The topological polar surface area (TPSA) is 89.7 Å². The first kappa shape index (κ1) is 23.7. The smallest absolute Gasteiger partial charge is 0.173 e. The number of hydrogen-bond acceptors (Lipinski definition) is 5. The lowest BCUT2D eigenvalue weighted by molar-refractivity contribution is 0.0338. The minimum absolute atomic E-state index is 0.176. The van der Waals surface area contributed by atoms with Crippen molar-refractivity contribution in [3.63, 3.8) is 0 Å². The lowest BCUT2D eigenvalue weighted by Crippen LogP contribution is -2.39. The molecule has 2 atom stereocenters. The third kappa shape index (κ3) is 5.53. The van der Waals surface area contributed by atoms with E-state index in [0.29, 0.717) is 12.2 Å². The van der Waals surface area contributed by atoms with Crippen molar-refractivity contribution in [2.75, 3.05) is 14.2 Å². The Morgan fingerprint density at radius 3 is 2.03 bits per heavy atom. The molecule has 4 aromatic rings. The summed E-state index contributed by atoms with van der Waals surface area (Å²) in [5, 5.41) is 11.6. The van der Waals surface area contributed by atoms with E-state index in [4.69, 9.17) is 19.9 Å². The first-order chi connectivity index (χ1) is 16.6. The van der Waals surface area contributed by atoms with E-state index in [-0.39, 0.29) is 5.92 Å². The number of hydrogen-bond donors (Lipinski definition) is 3. The molecule has 6 heteroatoms. The van der Waals surface area contributed by atoms with Gasteiger partial charge in [0.15, 0.2) is 6.23 Å². The number of ether oxygens (including phenoxy) is 3. The first-order valence-corrected chi connectivity index (χ1v) is 11.5. The molecule has 0 spiro atoms. The number of nitrogens with two attached hydrogens (primary N) is 1. The van der Waals surface area contributed by atoms with Crippen LogP contribution < -0.4 is 19.9 Å². The van der Waals surface area contributed by atoms with Gasteiger partial charge in [0.2, 0.25) is 0 Å². The van der Waals surface area contributed by atoms with Crippen molar-refractivity contribution in [1.29, 1.82) is 0 Å². The van der Waals surface area contributed by atoms with E-state index in [1.807, 2.05) is 54.7 Å². The highest BCUT2D eigenvalue weighted by Crippen LogP contribution is 2.32. The Morgan fingerprint density at radius 2 is 1.44 bits per heavy atom. The number of H-pyrrole nitrogens is 1. The van der Waals surface area contributed by atoms with Crippen molar-refractivity contribution in [1.82, 2.24) is 4.98 Å². The van der Waals surface area contributed by atoms with Crippen molar-refractivity contribution < 1.29 is 19.3 Å². The molecule has 1 aromatic heterocycles. The van der Waals surface area contributed by atoms with Gasteiger partial charge in [-0.05, 0) is 72.9 Å². The fourth-order valence-corrected chi connectivity index (χ4v) is 4.28. The van der Waals surface area contributed by atoms with Gasteiger partial charge >= 0.3 is 0 Å². The van der Waals surface area contributed by atoms with Gasteiger partial charge in [-0.15, -0.1) is 0 Å². The van der Waals surface area contributed by atoms with Crippen LogP contribution in [0.2, 0.25) is 0 Å². The molecular formula is C28H32N2O4. The second-order valence-electron chi connectivity index (χ2n) is 8.37. The third-order valence-corrected chi connectivity index (χ3v) is 6.23. The zero-order chi connectivity index (χ0) is 23.9. The van der Waals surface area contributed by atoms with E-state index in [2.05, 4.69) is 29.2 Å². The average molecular weight is 461 g/mol. The summed E-state index contributed by atoms with van der Waals surface area (Å²) in [4.78, 5) is 3.16. The Labute approximate surface area is 200 Å². The molecule has 178 valence electrons. The van der Waals surface area contributed by atoms with Gasteiger partial charge in [0.05, 0.1) is 14.2 Å². The Bertz CT molecular complexity index is 1120. The minimum Gasteiger partial charge on any atom is -0.497 e. The number of benzene rings is 3. The lowest BCUT2D eigenvalue weighted by atomic mass is 9.86. The molecule has 0 aliphatic rings. The van der Waals surface area contributed by atoms with Crippen LogP contribution in [0.4, 0.5) is 0 Å². The summed E-state index contributed by atoms with van der Waals surface area (Å²) in [6.07, 6.45) is 2.46. The Morgan fingerprint density at radius 1 is 0.824 bits per heavy atom. The van der Waals surface area contributed by atoms with Gasteiger partial charge in [-0.2, -0.15) is 0 Å². The van der Waals surface area contributed by atoms with Gasteiger partial charge in [0.1, 0.15) is 23.4 Å². The second kappa shape index (κ2) is 11.1. The second-order valence-corrected chi connectivity index (χ2v) is 8.37.